The molecule has 58 valence electrons. The molecule has 0 atom stereocenters. The maximum absolute atomic E-state index is 5.82. The predicted molar refractivity (Wildman–Crippen MR) is 52.7 cm³/mol. The molecule has 0 aliphatic rings. The molecule has 0 heterocycles. The lowest BCUT2D eigenvalue weighted by atomic mass is 9.49. The first-order chi connectivity index (χ1) is 5.11. The van der Waals surface area contributed by atoms with Crippen LogP contribution in [0.5, 0.6) is 0 Å². The van der Waals surface area contributed by atoms with Crippen molar-refractivity contribution in [1.29, 1.82) is 0 Å². The van der Waals surface area contributed by atoms with Crippen molar-refractivity contribution in [3.8, 4) is 0 Å². The predicted octanol–water partition coefficient (Wildman–Crippen LogP) is 1.54. The highest BCUT2D eigenvalue weighted by molar-refractivity contribution is 6.72. The van der Waals surface area contributed by atoms with Gasteiger partial charge in [-0.3, -0.25) is 0 Å². The monoisotopic (exact) mass is 147 g/mol. The van der Waals surface area contributed by atoms with Crippen LogP contribution in [0.2, 0.25) is 13.6 Å². The molecule has 1 aromatic rings. The van der Waals surface area contributed by atoms with Crippen LogP contribution in [-0.4, -0.2) is 6.71 Å². The summed E-state index contributed by atoms with van der Waals surface area (Å²) in [6.07, 6.45) is 0. The standard InChI is InChI=1S/C9H14BN/c1-7-4-5-8(10(2)3)9(11)6-7/h4-6H,11H2,1-3H3. The number of hydrogen-bond acceptors (Lipinski definition) is 1. The van der Waals surface area contributed by atoms with E-state index in [1.54, 1.807) is 0 Å². The molecular weight excluding hydrogens is 133 g/mol. The molecule has 0 aromatic heterocycles. The quantitative estimate of drug-likeness (QED) is 0.473. The van der Waals surface area contributed by atoms with Crippen molar-refractivity contribution in [2.24, 2.45) is 0 Å². The molecule has 0 aliphatic heterocycles. The van der Waals surface area contributed by atoms with Crippen LogP contribution >= 0.6 is 0 Å². The molecule has 0 fully saturated rings. The number of nitrogen functional groups attached to an aromatic ring is 1. The van der Waals surface area contributed by atoms with Crippen LogP contribution in [-0.2, 0) is 0 Å². The summed E-state index contributed by atoms with van der Waals surface area (Å²) in [5.74, 6) is 0. The van der Waals surface area contributed by atoms with Crippen molar-refractivity contribution < 1.29 is 0 Å². The van der Waals surface area contributed by atoms with E-state index in [0.717, 1.165) is 5.69 Å². The minimum absolute atomic E-state index is 0.524. The summed E-state index contributed by atoms with van der Waals surface area (Å²) >= 11 is 0. The lowest BCUT2D eigenvalue weighted by molar-refractivity contribution is 1.49. The third-order valence-corrected chi connectivity index (χ3v) is 1.86. The minimum Gasteiger partial charge on any atom is -0.399 e. The second kappa shape index (κ2) is 2.99. The highest BCUT2D eigenvalue weighted by atomic mass is 14.5. The minimum atomic E-state index is 0.524. The lowest BCUT2D eigenvalue weighted by Crippen LogP contribution is -2.25. The Bertz CT molecular complexity index is 256. The van der Waals surface area contributed by atoms with Crippen molar-refractivity contribution in [1.82, 2.24) is 0 Å². The molecule has 1 rings (SSSR count). The number of benzene rings is 1. The molecule has 0 saturated heterocycles. The number of hydrogen-bond donors (Lipinski definition) is 1. The number of anilines is 1. The van der Waals surface area contributed by atoms with Crippen LogP contribution in [0, 0.1) is 6.92 Å². The Morgan fingerprint density at radius 3 is 2.36 bits per heavy atom. The topological polar surface area (TPSA) is 26.0 Å². The zero-order valence-corrected chi connectivity index (χ0v) is 7.39. The molecular formula is C9H14BN. The largest absolute Gasteiger partial charge is 0.399 e. The van der Waals surface area contributed by atoms with Gasteiger partial charge in [-0.25, -0.2) is 0 Å². The Morgan fingerprint density at radius 1 is 1.27 bits per heavy atom. The van der Waals surface area contributed by atoms with E-state index in [2.05, 4.69) is 32.7 Å². The summed E-state index contributed by atoms with van der Waals surface area (Å²) in [6.45, 7) is 6.89. The molecule has 0 radical (unpaired) electrons. The third-order valence-electron chi connectivity index (χ3n) is 1.86. The van der Waals surface area contributed by atoms with Crippen molar-refractivity contribution in [2.45, 2.75) is 20.6 Å². The molecule has 2 N–H and O–H groups in total. The summed E-state index contributed by atoms with van der Waals surface area (Å²) in [4.78, 5) is 0. The number of aryl methyl sites for hydroxylation is 1. The normalized spacial score (nSPS) is 9.73. The lowest BCUT2D eigenvalue weighted by Gasteiger charge is -2.06. The Labute approximate surface area is 68.7 Å². The average Bonchev–Trinajstić information content (AvgIpc) is 1.85. The maximum atomic E-state index is 5.82. The van der Waals surface area contributed by atoms with E-state index in [-0.39, 0.29) is 0 Å². The van der Waals surface area contributed by atoms with E-state index in [0.29, 0.717) is 6.71 Å². The molecule has 0 unspecified atom stereocenters. The fourth-order valence-electron chi connectivity index (χ4n) is 1.22. The van der Waals surface area contributed by atoms with Crippen LogP contribution in [0.3, 0.4) is 0 Å². The van der Waals surface area contributed by atoms with Crippen LogP contribution < -0.4 is 11.2 Å². The highest BCUT2D eigenvalue weighted by Crippen LogP contribution is 2.04. The first-order valence-electron chi connectivity index (χ1n) is 3.97. The first kappa shape index (κ1) is 8.18. The molecule has 0 bridgehead atoms. The van der Waals surface area contributed by atoms with Gasteiger partial charge in [0.2, 0.25) is 0 Å². The van der Waals surface area contributed by atoms with E-state index in [4.69, 9.17) is 5.73 Å². The molecule has 1 nitrogen and oxygen atoms in total. The van der Waals surface area contributed by atoms with Gasteiger partial charge in [-0.1, -0.05) is 31.2 Å². The fraction of sp³-hybridized carbons (Fsp3) is 0.333. The van der Waals surface area contributed by atoms with Gasteiger partial charge in [0.05, 0.1) is 0 Å². The van der Waals surface area contributed by atoms with Crippen molar-refractivity contribution >= 4 is 17.9 Å². The van der Waals surface area contributed by atoms with Gasteiger partial charge in [0.15, 0.2) is 6.71 Å². The molecule has 0 spiro atoms. The van der Waals surface area contributed by atoms with E-state index in [1.807, 2.05) is 6.07 Å². The first-order valence-corrected chi connectivity index (χ1v) is 3.97. The highest BCUT2D eigenvalue weighted by Gasteiger charge is 2.05. The zero-order valence-electron chi connectivity index (χ0n) is 7.39. The van der Waals surface area contributed by atoms with E-state index < -0.39 is 0 Å². The molecule has 11 heavy (non-hydrogen) atoms. The summed E-state index contributed by atoms with van der Waals surface area (Å²) in [7, 11) is 0. The van der Waals surface area contributed by atoms with Crippen molar-refractivity contribution in [3.63, 3.8) is 0 Å². The summed E-state index contributed by atoms with van der Waals surface area (Å²) < 4.78 is 0. The van der Waals surface area contributed by atoms with Gasteiger partial charge in [-0.2, -0.15) is 0 Å². The molecule has 0 amide bonds. The van der Waals surface area contributed by atoms with Crippen molar-refractivity contribution in [3.05, 3.63) is 23.8 Å². The second-order valence-corrected chi connectivity index (χ2v) is 3.29. The van der Waals surface area contributed by atoms with E-state index in [1.165, 1.54) is 11.0 Å². The van der Waals surface area contributed by atoms with Gasteiger partial charge in [-0.05, 0) is 18.6 Å². The van der Waals surface area contributed by atoms with Gasteiger partial charge in [-0.15, -0.1) is 0 Å². The Hall–Kier alpha value is -0.915. The SMILES string of the molecule is CB(C)c1ccc(C)cc1N. The van der Waals surface area contributed by atoms with Gasteiger partial charge >= 0.3 is 0 Å². The van der Waals surface area contributed by atoms with Gasteiger partial charge in [0, 0.05) is 5.69 Å². The number of nitrogens with two attached hydrogens (primary N) is 1. The smallest absolute Gasteiger partial charge is 0.172 e. The zero-order chi connectivity index (χ0) is 8.43. The Balaban J connectivity index is 3.09. The second-order valence-electron chi connectivity index (χ2n) is 3.29. The molecule has 0 saturated carbocycles. The molecule has 0 aliphatic carbocycles. The molecule has 1 aromatic carbocycles. The maximum Gasteiger partial charge on any atom is 0.172 e. The fourth-order valence-corrected chi connectivity index (χ4v) is 1.22. The number of rotatable bonds is 1. The van der Waals surface area contributed by atoms with Gasteiger partial charge < -0.3 is 5.73 Å². The van der Waals surface area contributed by atoms with E-state index in [9.17, 15) is 0 Å². The van der Waals surface area contributed by atoms with Crippen molar-refractivity contribution in [2.75, 3.05) is 5.73 Å². The van der Waals surface area contributed by atoms with Crippen LogP contribution in [0.15, 0.2) is 18.2 Å². The van der Waals surface area contributed by atoms with Crippen LogP contribution in [0.4, 0.5) is 5.69 Å². The average molecular weight is 147 g/mol. The summed E-state index contributed by atoms with van der Waals surface area (Å²) in [5.41, 5.74) is 9.21. The van der Waals surface area contributed by atoms with E-state index >= 15 is 0 Å². The summed E-state index contributed by atoms with van der Waals surface area (Å²) in [5, 5.41) is 0. The summed E-state index contributed by atoms with van der Waals surface area (Å²) in [6, 6.07) is 6.23. The Morgan fingerprint density at radius 2 is 1.91 bits per heavy atom. The molecule has 2 heteroatoms. The Kier molecular flexibility index (Phi) is 2.23. The van der Waals surface area contributed by atoms with Gasteiger partial charge in [0.25, 0.3) is 0 Å². The van der Waals surface area contributed by atoms with Gasteiger partial charge in [0.1, 0.15) is 0 Å². The van der Waals surface area contributed by atoms with Crippen LogP contribution in [0.25, 0.3) is 0 Å². The van der Waals surface area contributed by atoms with Crippen LogP contribution in [0.1, 0.15) is 5.56 Å². The third kappa shape index (κ3) is 1.76.